The lowest BCUT2D eigenvalue weighted by Gasteiger charge is -2.22. The summed E-state index contributed by atoms with van der Waals surface area (Å²) in [7, 11) is 3.76. The van der Waals surface area contributed by atoms with Gasteiger partial charge in [-0.3, -0.25) is 4.90 Å². The van der Waals surface area contributed by atoms with E-state index in [0.29, 0.717) is 11.8 Å². The van der Waals surface area contributed by atoms with Crippen molar-refractivity contribution in [1.82, 2.24) is 15.1 Å². The molecular formula is C16H23N3O2. The third-order valence-corrected chi connectivity index (χ3v) is 3.72. The molecule has 2 rings (SSSR count). The summed E-state index contributed by atoms with van der Waals surface area (Å²) in [6.07, 6.45) is 0. The summed E-state index contributed by atoms with van der Waals surface area (Å²) in [4.78, 5) is 2.19. The Morgan fingerprint density at radius 3 is 2.29 bits per heavy atom. The molecule has 5 heteroatoms. The monoisotopic (exact) mass is 289 g/mol. The van der Waals surface area contributed by atoms with Crippen molar-refractivity contribution in [3.05, 3.63) is 40.6 Å². The fourth-order valence-corrected chi connectivity index (χ4v) is 2.55. The topological polar surface area (TPSA) is 51.4 Å². The maximum atomic E-state index is 5.50. The molecule has 0 saturated carbocycles. The van der Waals surface area contributed by atoms with Crippen LogP contribution in [0.25, 0.3) is 0 Å². The second-order valence-corrected chi connectivity index (χ2v) is 5.51. The van der Waals surface area contributed by atoms with Gasteiger partial charge in [0.2, 0.25) is 11.8 Å². The van der Waals surface area contributed by atoms with Crippen LogP contribution in [-0.2, 0) is 6.54 Å². The second kappa shape index (κ2) is 6.26. The normalized spacial score (nSPS) is 12.7. The number of aromatic nitrogens is 2. The summed E-state index contributed by atoms with van der Waals surface area (Å²) in [6, 6.07) is 4.40. The highest BCUT2D eigenvalue weighted by molar-refractivity contribution is 5.43. The van der Waals surface area contributed by atoms with Crippen molar-refractivity contribution in [2.24, 2.45) is 0 Å². The first-order valence-corrected chi connectivity index (χ1v) is 7.06. The number of ether oxygens (including phenoxy) is 1. The van der Waals surface area contributed by atoms with E-state index < -0.39 is 0 Å². The number of nitrogens with zero attached hydrogens (tertiary/aromatic N) is 3. The minimum Gasteiger partial charge on any atom is -0.496 e. The van der Waals surface area contributed by atoms with Crippen molar-refractivity contribution in [2.45, 2.75) is 40.3 Å². The van der Waals surface area contributed by atoms with E-state index in [1.807, 2.05) is 0 Å². The van der Waals surface area contributed by atoms with Crippen LogP contribution in [0.3, 0.4) is 0 Å². The molecule has 0 fully saturated rings. The van der Waals surface area contributed by atoms with E-state index in [2.05, 4.69) is 55.0 Å². The van der Waals surface area contributed by atoms with Crippen molar-refractivity contribution in [2.75, 3.05) is 14.2 Å². The maximum Gasteiger partial charge on any atom is 0.233 e. The molecule has 1 atom stereocenters. The molecule has 0 aliphatic rings. The van der Waals surface area contributed by atoms with Crippen LogP contribution in [0.5, 0.6) is 5.75 Å². The molecule has 0 N–H and O–H groups in total. The summed E-state index contributed by atoms with van der Waals surface area (Å²) in [5, 5.41) is 7.98. The van der Waals surface area contributed by atoms with Crippen LogP contribution in [0.4, 0.5) is 0 Å². The van der Waals surface area contributed by atoms with Crippen LogP contribution in [-0.4, -0.2) is 29.3 Å². The highest BCUT2D eigenvalue weighted by Gasteiger charge is 2.18. The van der Waals surface area contributed by atoms with Gasteiger partial charge in [-0.25, -0.2) is 0 Å². The minimum absolute atomic E-state index is 0.0777. The zero-order valence-electron chi connectivity index (χ0n) is 13.6. The van der Waals surface area contributed by atoms with Gasteiger partial charge in [0.25, 0.3) is 0 Å². The number of hydrogen-bond donors (Lipinski definition) is 0. The van der Waals surface area contributed by atoms with Crippen LogP contribution in [0.15, 0.2) is 16.5 Å². The molecule has 2 aromatic rings. The molecule has 0 unspecified atom stereocenters. The smallest absolute Gasteiger partial charge is 0.233 e. The molecule has 0 aliphatic heterocycles. The Kier molecular flexibility index (Phi) is 4.63. The average Bonchev–Trinajstić information content (AvgIpc) is 2.84. The highest BCUT2D eigenvalue weighted by atomic mass is 16.5. The number of aryl methyl sites for hydroxylation is 3. The largest absolute Gasteiger partial charge is 0.496 e. The van der Waals surface area contributed by atoms with Gasteiger partial charge in [0.15, 0.2) is 0 Å². The summed E-state index contributed by atoms with van der Waals surface area (Å²) >= 11 is 0. The first-order valence-electron chi connectivity index (χ1n) is 7.06. The minimum atomic E-state index is 0.0777. The van der Waals surface area contributed by atoms with Gasteiger partial charge < -0.3 is 9.15 Å². The zero-order chi connectivity index (χ0) is 15.6. The Balaban J connectivity index is 2.14. The quantitative estimate of drug-likeness (QED) is 0.846. The van der Waals surface area contributed by atoms with Crippen molar-refractivity contribution < 1.29 is 9.15 Å². The second-order valence-electron chi connectivity index (χ2n) is 5.51. The van der Waals surface area contributed by atoms with Crippen molar-refractivity contribution >= 4 is 0 Å². The van der Waals surface area contributed by atoms with Crippen molar-refractivity contribution in [3.63, 3.8) is 0 Å². The molecule has 0 spiro atoms. The molecule has 0 amide bonds. The number of benzene rings is 1. The van der Waals surface area contributed by atoms with Crippen molar-refractivity contribution in [3.8, 4) is 5.75 Å². The van der Waals surface area contributed by atoms with Gasteiger partial charge in [0.1, 0.15) is 5.75 Å². The summed E-state index contributed by atoms with van der Waals surface area (Å²) in [5.74, 6) is 2.21. The number of rotatable bonds is 5. The SMILES string of the molecule is COc1c(C)cc(CN(C)[C@@H](C)c2nnc(C)o2)cc1C. The Hall–Kier alpha value is -1.88. The van der Waals surface area contributed by atoms with E-state index in [1.165, 1.54) is 5.56 Å². The van der Waals surface area contributed by atoms with E-state index in [4.69, 9.17) is 9.15 Å². The molecule has 0 radical (unpaired) electrons. The lowest BCUT2D eigenvalue weighted by atomic mass is 10.0. The Morgan fingerprint density at radius 2 is 1.81 bits per heavy atom. The summed E-state index contributed by atoms with van der Waals surface area (Å²) < 4.78 is 10.9. The molecule has 114 valence electrons. The van der Waals surface area contributed by atoms with Gasteiger partial charge in [-0.1, -0.05) is 12.1 Å². The molecule has 5 nitrogen and oxygen atoms in total. The lowest BCUT2D eigenvalue weighted by Crippen LogP contribution is -2.22. The number of hydrogen-bond acceptors (Lipinski definition) is 5. The predicted molar refractivity (Wildman–Crippen MR) is 81.4 cm³/mol. The Labute approximate surface area is 125 Å². The van der Waals surface area contributed by atoms with Crippen LogP contribution >= 0.6 is 0 Å². The Morgan fingerprint density at radius 1 is 1.19 bits per heavy atom. The number of methoxy groups -OCH3 is 1. The van der Waals surface area contributed by atoms with Gasteiger partial charge in [0, 0.05) is 13.5 Å². The van der Waals surface area contributed by atoms with Crippen LogP contribution in [0.1, 0.15) is 41.4 Å². The first kappa shape index (κ1) is 15.5. The summed E-state index contributed by atoms with van der Waals surface area (Å²) in [5.41, 5.74) is 3.56. The maximum absolute atomic E-state index is 5.50. The molecule has 21 heavy (non-hydrogen) atoms. The summed E-state index contributed by atoms with van der Waals surface area (Å²) in [6.45, 7) is 8.82. The fraction of sp³-hybridized carbons (Fsp3) is 0.500. The van der Waals surface area contributed by atoms with E-state index in [1.54, 1.807) is 14.0 Å². The van der Waals surface area contributed by atoms with E-state index in [-0.39, 0.29) is 6.04 Å². The zero-order valence-corrected chi connectivity index (χ0v) is 13.6. The fourth-order valence-electron chi connectivity index (χ4n) is 2.55. The van der Waals surface area contributed by atoms with Crippen molar-refractivity contribution in [1.29, 1.82) is 0 Å². The van der Waals surface area contributed by atoms with E-state index >= 15 is 0 Å². The lowest BCUT2D eigenvalue weighted by molar-refractivity contribution is 0.215. The standard InChI is InChI=1S/C16H23N3O2/c1-10-7-14(8-11(2)15(10)20-6)9-19(5)12(3)16-18-17-13(4)21-16/h7-8,12H,9H2,1-6H3/t12-/m0/s1. The molecule has 1 aromatic heterocycles. The van der Waals surface area contributed by atoms with Gasteiger partial charge in [0.05, 0.1) is 13.2 Å². The van der Waals surface area contributed by atoms with Gasteiger partial charge in [-0.15, -0.1) is 10.2 Å². The average molecular weight is 289 g/mol. The van der Waals surface area contributed by atoms with Crippen LogP contribution in [0, 0.1) is 20.8 Å². The molecule has 0 aliphatic carbocycles. The van der Waals surface area contributed by atoms with Gasteiger partial charge in [-0.05, 0) is 44.5 Å². The van der Waals surface area contributed by atoms with E-state index in [9.17, 15) is 0 Å². The molecular weight excluding hydrogens is 266 g/mol. The van der Waals surface area contributed by atoms with Gasteiger partial charge in [-0.2, -0.15) is 0 Å². The third kappa shape index (κ3) is 3.42. The van der Waals surface area contributed by atoms with Gasteiger partial charge >= 0.3 is 0 Å². The molecule has 1 aromatic carbocycles. The highest BCUT2D eigenvalue weighted by Crippen LogP contribution is 2.26. The Bertz CT molecular complexity index is 599. The molecule has 0 bridgehead atoms. The van der Waals surface area contributed by atoms with Crippen LogP contribution < -0.4 is 4.74 Å². The van der Waals surface area contributed by atoms with E-state index in [0.717, 1.165) is 23.4 Å². The third-order valence-electron chi connectivity index (χ3n) is 3.72. The predicted octanol–water partition coefficient (Wildman–Crippen LogP) is 3.20. The first-order chi connectivity index (χ1) is 9.92. The molecule has 1 heterocycles. The molecule has 0 saturated heterocycles. The van der Waals surface area contributed by atoms with Crippen LogP contribution in [0.2, 0.25) is 0 Å².